The molecule has 1 aromatic carbocycles. The highest BCUT2D eigenvalue weighted by Gasteiger charge is 2.28. The van der Waals surface area contributed by atoms with E-state index < -0.39 is 24.5 Å². The minimum absolute atomic E-state index is 0.0353. The molecule has 0 radical (unpaired) electrons. The van der Waals surface area contributed by atoms with Crippen molar-refractivity contribution < 1.29 is 42.8 Å². The molecule has 0 fully saturated rings. The highest BCUT2D eigenvalue weighted by molar-refractivity contribution is 7.18. The van der Waals surface area contributed by atoms with Crippen LogP contribution in [0.4, 0.5) is 5.00 Å². The Kier molecular flexibility index (Phi) is 7.48. The molecule has 2 aromatic rings. The van der Waals surface area contributed by atoms with Crippen LogP contribution in [0, 0.1) is 0 Å². The first-order valence-corrected chi connectivity index (χ1v) is 9.19. The van der Waals surface area contributed by atoms with Crippen LogP contribution < -0.4 is 19.9 Å². The molecular weight excluding hydrogens is 418 g/mol. The lowest BCUT2D eigenvalue weighted by Gasteiger charge is -2.14. The number of ether oxygens (including phenoxy) is 6. The van der Waals surface area contributed by atoms with Crippen molar-refractivity contribution >= 4 is 34.2 Å². The molecule has 1 heterocycles. The third-order valence-corrected chi connectivity index (χ3v) is 5.08. The molecule has 10 nitrogen and oxygen atoms in total. The molecule has 0 bridgehead atoms. The van der Waals surface area contributed by atoms with Crippen LogP contribution in [0.1, 0.15) is 36.0 Å². The van der Waals surface area contributed by atoms with Gasteiger partial charge in [0.15, 0.2) is 11.5 Å². The summed E-state index contributed by atoms with van der Waals surface area (Å²) in [7, 11) is 6.60. The second-order valence-corrected chi connectivity index (χ2v) is 6.67. The average Bonchev–Trinajstić information content (AvgIpc) is 3.10. The number of nitrogen functional groups attached to an aromatic ring is 1. The number of esters is 3. The number of anilines is 1. The van der Waals surface area contributed by atoms with Crippen LogP contribution in [0.3, 0.4) is 0 Å². The summed E-state index contributed by atoms with van der Waals surface area (Å²) in [5, 5.41) is 0.0427. The van der Waals surface area contributed by atoms with E-state index in [1.807, 2.05) is 0 Å². The molecular formula is C19H21NO9S. The van der Waals surface area contributed by atoms with E-state index in [9.17, 15) is 14.4 Å². The zero-order valence-corrected chi connectivity index (χ0v) is 17.8. The summed E-state index contributed by atoms with van der Waals surface area (Å²) in [5.74, 6) is -1.42. The lowest BCUT2D eigenvalue weighted by atomic mass is 10.1. The maximum atomic E-state index is 12.6. The van der Waals surface area contributed by atoms with Crippen LogP contribution in [-0.2, 0) is 20.8 Å². The van der Waals surface area contributed by atoms with E-state index in [0.717, 1.165) is 11.3 Å². The number of benzene rings is 1. The molecule has 0 saturated heterocycles. The Morgan fingerprint density at radius 1 is 0.867 bits per heavy atom. The zero-order chi connectivity index (χ0) is 22.4. The number of hydrogen-bond donors (Lipinski definition) is 1. The minimum Gasteiger partial charge on any atom is -0.493 e. The summed E-state index contributed by atoms with van der Waals surface area (Å²) in [5.41, 5.74) is 6.00. The lowest BCUT2D eigenvalue weighted by molar-refractivity contribution is 0.0452. The van der Waals surface area contributed by atoms with Crippen molar-refractivity contribution in [2.24, 2.45) is 0 Å². The van der Waals surface area contributed by atoms with Crippen LogP contribution in [-0.4, -0.2) is 53.5 Å². The Morgan fingerprint density at radius 3 is 1.90 bits per heavy atom. The Hall–Kier alpha value is -3.47. The van der Waals surface area contributed by atoms with E-state index in [2.05, 4.69) is 0 Å². The van der Waals surface area contributed by atoms with Crippen molar-refractivity contribution in [2.75, 3.05) is 41.3 Å². The molecule has 0 unspecified atom stereocenters. The van der Waals surface area contributed by atoms with Gasteiger partial charge in [0.1, 0.15) is 22.0 Å². The average molecular weight is 439 g/mol. The fourth-order valence-electron chi connectivity index (χ4n) is 2.63. The number of nitrogens with two attached hydrogens (primary N) is 1. The molecule has 162 valence electrons. The first kappa shape index (κ1) is 22.8. The highest BCUT2D eigenvalue weighted by Crippen LogP contribution is 2.38. The van der Waals surface area contributed by atoms with Gasteiger partial charge in [-0.25, -0.2) is 14.4 Å². The van der Waals surface area contributed by atoms with Crippen molar-refractivity contribution in [3.05, 3.63) is 33.7 Å². The quantitative estimate of drug-likeness (QED) is 0.482. The lowest BCUT2D eigenvalue weighted by Crippen LogP contribution is -2.13. The molecule has 0 spiro atoms. The van der Waals surface area contributed by atoms with E-state index in [1.165, 1.54) is 47.7 Å². The summed E-state index contributed by atoms with van der Waals surface area (Å²) >= 11 is 0.836. The second kappa shape index (κ2) is 9.83. The third-order valence-electron chi connectivity index (χ3n) is 4.04. The largest absolute Gasteiger partial charge is 0.493 e. The topological polar surface area (TPSA) is 133 Å². The fourth-order valence-corrected chi connectivity index (χ4v) is 3.61. The van der Waals surface area contributed by atoms with Gasteiger partial charge in [-0.3, -0.25) is 0 Å². The van der Waals surface area contributed by atoms with Gasteiger partial charge in [-0.1, -0.05) is 0 Å². The monoisotopic (exact) mass is 439 g/mol. The summed E-state index contributed by atoms with van der Waals surface area (Å²) in [6.45, 7) is -0.419. The number of carbonyl (C=O) groups excluding carboxylic acids is 3. The van der Waals surface area contributed by atoms with Crippen LogP contribution in [0.5, 0.6) is 17.2 Å². The first-order valence-electron chi connectivity index (χ1n) is 8.37. The normalized spacial score (nSPS) is 10.2. The predicted octanol–water partition coefficient (Wildman–Crippen LogP) is 2.29. The van der Waals surface area contributed by atoms with Crippen molar-refractivity contribution in [3.8, 4) is 17.2 Å². The maximum Gasteiger partial charge on any atom is 0.348 e. The summed E-state index contributed by atoms with van der Waals surface area (Å²) in [6.07, 6.45) is 0. The fraction of sp³-hybridized carbons (Fsp3) is 0.316. The number of hydrogen-bond acceptors (Lipinski definition) is 11. The Balaban J connectivity index is 2.38. The van der Waals surface area contributed by atoms with Crippen LogP contribution >= 0.6 is 11.3 Å². The number of thiophene rings is 1. The van der Waals surface area contributed by atoms with E-state index in [1.54, 1.807) is 0 Å². The van der Waals surface area contributed by atoms with Gasteiger partial charge >= 0.3 is 17.9 Å². The molecule has 0 aliphatic rings. The van der Waals surface area contributed by atoms with Gasteiger partial charge < -0.3 is 34.2 Å². The maximum absolute atomic E-state index is 12.6. The Labute approximate surface area is 176 Å². The van der Waals surface area contributed by atoms with E-state index >= 15 is 0 Å². The van der Waals surface area contributed by atoms with Gasteiger partial charge in [0.25, 0.3) is 0 Å². The molecule has 0 atom stereocenters. The van der Waals surface area contributed by atoms with Crippen molar-refractivity contribution in [1.29, 1.82) is 0 Å². The molecule has 2 rings (SSSR count). The summed E-state index contributed by atoms with van der Waals surface area (Å²) < 4.78 is 30.4. The van der Waals surface area contributed by atoms with Gasteiger partial charge in [0.05, 0.1) is 41.1 Å². The van der Waals surface area contributed by atoms with Crippen molar-refractivity contribution in [3.63, 3.8) is 0 Å². The Morgan fingerprint density at radius 2 is 1.43 bits per heavy atom. The molecule has 0 aliphatic heterocycles. The van der Waals surface area contributed by atoms with E-state index in [-0.39, 0.29) is 38.1 Å². The summed E-state index contributed by atoms with van der Waals surface area (Å²) in [6, 6.07) is 2.82. The minimum atomic E-state index is -0.766. The number of carbonyl (C=O) groups is 3. The van der Waals surface area contributed by atoms with Gasteiger partial charge in [0.2, 0.25) is 5.75 Å². The van der Waals surface area contributed by atoms with E-state index in [4.69, 9.17) is 34.2 Å². The van der Waals surface area contributed by atoms with Gasteiger partial charge in [-0.15, -0.1) is 11.3 Å². The van der Waals surface area contributed by atoms with E-state index in [0.29, 0.717) is 5.75 Å². The van der Waals surface area contributed by atoms with Crippen LogP contribution in [0.2, 0.25) is 0 Å². The Bertz CT molecular complexity index is 942. The van der Waals surface area contributed by atoms with Crippen LogP contribution in [0.25, 0.3) is 0 Å². The van der Waals surface area contributed by atoms with Gasteiger partial charge in [-0.2, -0.15) is 0 Å². The predicted molar refractivity (Wildman–Crippen MR) is 107 cm³/mol. The van der Waals surface area contributed by atoms with Crippen molar-refractivity contribution in [2.45, 2.75) is 6.61 Å². The van der Waals surface area contributed by atoms with Crippen molar-refractivity contribution in [1.82, 2.24) is 0 Å². The highest BCUT2D eigenvalue weighted by atomic mass is 32.1. The molecule has 30 heavy (non-hydrogen) atoms. The third kappa shape index (κ3) is 4.40. The molecule has 1 aromatic heterocycles. The zero-order valence-electron chi connectivity index (χ0n) is 17.0. The SMILES string of the molecule is COC(=O)c1sc(N)c(C(=O)OC)c1COC(=O)c1cc(OC)c(OC)c(OC)c1. The summed E-state index contributed by atoms with van der Waals surface area (Å²) in [4.78, 5) is 36.8. The molecule has 11 heteroatoms. The second-order valence-electron chi connectivity index (χ2n) is 5.62. The molecule has 2 N–H and O–H groups in total. The molecule has 0 amide bonds. The number of rotatable bonds is 8. The smallest absolute Gasteiger partial charge is 0.348 e. The van der Waals surface area contributed by atoms with Crippen LogP contribution in [0.15, 0.2) is 12.1 Å². The van der Waals surface area contributed by atoms with Gasteiger partial charge in [0, 0.05) is 5.56 Å². The molecule has 0 aliphatic carbocycles. The molecule has 0 saturated carbocycles. The number of methoxy groups -OCH3 is 5. The first-order chi connectivity index (χ1) is 14.3. The standard InChI is InChI=1S/C19H21NO9S/c1-24-11-6-9(7-12(25-2)14(11)26-3)17(21)29-8-10-13(18(22)27-4)16(20)30-15(10)19(23)28-5/h6-7H,8,20H2,1-5H3. The van der Waals surface area contributed by atoms with Gasteiger partial charge in [-0.05, 0) is 12.1 Å².